The van der Waals surface area contributed by atoms with E-state index in [4.69, 9.17) is 33.7 Å². The molecule has 0 spiro atoms. The molecule has 0 aliphatic rings. The maximum absolute atomic E-state index is 5.87. The number of nitrogens with two attached hydrogens (primary N) is 1. The standard InChI is InChI=1S/C12H11Cl2N3O/c1-7-8(5-15)6-16-12(17-7)18-11-3-9(13)2-10(14)4-11/h2-4,6H,5,15H2,1H3. The van der Waals surface area contributed by atoms with Crippen LogP contribution < -0.4 is 10.5 Å². The molecule has 0 fully saturated rings. The number of halogens is 2. The molecule has 0 radical (unpaired) electrons. The Hall–Kier alpha value is -1.36. The summed E-state index contributed by atoms with van der Waals surface area (Å²) in [4.78, 5) is 8.26. The summed E-state index contributed by atoms with van der Waals surface area (Å²) in [6.45, 7) is 2.25. The highest BCUT2D eigenvalue weighted by Gasteiger charge is 2.06. The summed E-state index contributed by atoms with van der Waals surface area (Å²) >= 11 is 11.7. The molecule has 1 heterocycles. The number of hydrogen-bond donors (Lipinski definition) is 1. The highest BCUT2D eigenvalue weighted by Crippen LogP contribution is 2.26. The summed E-state index contributed by atoms with van der Waals surface area (Å²) in [5, 5.41) is 0.987. The lowest BCUT2D eigenvalue weighted by atomic mass is 10.2. The van der Waals surface area contributed by atoms with Crippen molar-refractivity contribution < 1.29 is 4.74 Å². The normalized spacial score (nSPS) is 10.4. The van der Waals surface area contributed by atoms with Crippen LogP contribution in [0, 0.1) is 6.92 Å². The van der Waals surface area contributed by atoms with E-state index in [2.05, 4.69) is 9.97 Å². The SMILES string of the molecule is Cc1nc(Oc2cc(Cl)cc(Cl)c2)ncc1CN. The number of aromatic nitrogens is 2. The van der Waals surface area contributed by atoms with Gasteiger partial charge in [-0.3, -0.25) is 0 Å². The van der Waals surface area contributed by atoms with Crippen LogP contribution in [0.5, 0.6) is 11.8 Å². The largest absolute Gasteiger partial charge is 0.424 e. The first-order valence-corrected chi connectivity index (χ1v) is 6.00. The fourth-order valence-corrected chi connectivity index (χ4v) is 1.92. The average Bonchev–Trinajstić information content (AvgIpc) is 2.27. The van der Waals surface area contributed by atoms with Crippen LogP contribution in [0.2, 0.25) is 10.0 Å². The van der Waals surface area contributed by atoms with Gasteiger partial charge in [-0.2, -0.15) is 4.98 Å². The van der Waals surface area contributed by atoms with E-state index in [9.17, 15) is 0 Å². The fourth-order valence-electron chi connectivity index (χ4n) is 1.41. The first kappa shape index (κ1) is 13.1. The highest BCUT2D eigenvalue weighted by molar-refractivity contribution is 6.34. The number of benzene rings is 1. The number of ether oxygens (including phenoxy) is 1. The number of hydrogen-bond acceptors (Lipinski definition) is 4. The Morgan fingerprint density at radius 1 is 1.22 bits per heavy atom. The summed E-state index contributed by atoms with van der Waals surface area (Å²) in [7, 11) is 0. The van der Waals surface area contributed by atoms with Crippen molar-refractivity contribution in [3.05, 3.63) is 45.7 Å². The van der Waals surface area contributed by atoms with E-state index in [1.54, 1.807) is 24.4 Å². The monoisotopic (exact) mass is 283 g/mol. The van der Waals surface area contributed by atoms with Crippen LogP contribution in [0.25, 0.3) is 0 Å². The second-order valence-corrected chi connectivity index (χ2v) is 4.55. The van der Waals surface area contributed by atoms with Gasteiger partial charge in [0.25, 0.3) is 0 Å². The Labute approximate surface area is 115 Å². The van der Waals surface area contributed by atoms with E-state index in [-0.39, 0.29) is 6.01 Å². The van der Waals surface area contributed by atoms with Crippen molar-refractivity contribution in [2.45, 2.75) is 13.5 Å². The van der Waals surface area contributed by atoms with Gasteiger partial charge in [0, 0.05) is 34.0 Å². The van der Waals surface area contributed by atoms with Gasteiger partial charge in [0.05, 0.1) is 0 Å². The minimum atomic E-state index is 0.239. The second-order valence-electron chi connectivity index (χ2n) is 3.67. The van der Waals surface area contributed by atoms with Gasteiger partial charge in [-0.15, -0.1) is 0 Å². The third-order valence-corrected chi connectivity index (χ3v) is 2.76. The van der Waals surface area contributed by atoms with Crippen molar-refractivity contribution in [3.63, 3.8) is 0 Å². The van der Waals surface area contributed by atoms with Gasteiger partial charge in [0.1, 0.15) is 5.75 Å². The zero-order chi connectivity index (χ0) is 13.1. The minimum Gasteiger partial charge on any atom is -0.424 e. The van der Waals surface area contributed by atoms with Crippen LogP contribution in [0.15, 0.2) is 24.4 Å². The molecule has 0 unspecified atom stereocenters. The molecular weight excluding hydrogens is 273 g/mol. The van der Waals surface area contributed by atoms with E-state index in [0.717, 1.165) is 11.3 Å². The van der Waals surface area contributed by atoms with Crippen LogP contribution in [-0.2, 0) is 6.54 Å². The Morgan fingerprint density at radius 2 is 1.89 bits per heavy atom. The van der Waals surface area contributed by atoms with Crippen molar-refractivity contribution in [2.24, 2.45) is 5.73 Å². The topological polar surface area (TPSA) is 61.0 Å². The van der Waals surface area contributed by atoms with Crippen molar-refractivity contribution in [1.82, 2.24) is 9.97 Å². The van der Waals surface area contributed by atoms with Crippen molar-refractivity contribution in [1.29, 1.82) is 0 Å². The van der Waals surface area contributed by atoms with Crippen LogP contribution >= 0.6 is 23.2 Å². The van der Waals surface area contributed by atoms with E-state index in [0.29, 0.717) is 22.3 Å². The summed E-state index contributed by atoms with van der Waals surface area (Å²) in [6.07, 6.45) is 1.64. The molecule has 0 amide bonds. The van der Waals surface area contributed by atoms with Gasteiger partial charge in [0.15, 0.2) is 0 Å². The van der Waals surface area contributed by atoms with Gasteiger partial charge >= 0.3 is 6.01 Å². The number of rotatable bonds is 3. The molecule has 0 saturated carbocycles. The number of nitrogens with zero attached hydrogens (tertiary/aromatic N) is 2. The lowest BCUT2D eigenvalue weighted by molar-refractivity contribution is 0.439. The highest BCUT2D eigenvalue weighted by atomic mass is 35.5. The molecule has 0 bridgehead atoms. The van der Waals surface area contributed by atoms with E-state index >= 15 is 0 Å². The molecule has 1 aromatic carbocycles. The molecule has 0 aliphatic heterocycles. The fraction of sp³-hybridized carbons (Fsp3) is 0.167. The van der Waals surface area contributed by atoms with Gasteiger partial charge in [-0.05, 0) is 25.1 Å². The molecule has 1 aromatic heterocycles. The maximum atomic E-state index is 5.87. The Morgan fingerprint density at radius 3 is 2.44 bits per heavy atom. The Bertz CT molecular complexity index is 555. The third-order valence-electron chi connectivity index (χ3n) is 2.32. The van der Waals surface area contributed by atoms with Crippen LogP contribution in [0.1, 0.15) is 11.3 Å². The Kier molecular flexibility index (Phi) is 4.01. The lowest BCUT2D eigenvalue weighted by Gasteiger charge is -2.07. The van der Waals surface area contributed by atoms with Crippen molar-refractivity contribution in [3.8, 4) is 11.8 Å². The smallest absolute Gasteiger partial charge is 0.322 e. The minimum absolute atomic E-state index is 0.239. The molecule has 2 N–H and O–H groups in total. The van der Waals surface area contributed by atoms with Crippen molar-refractivity contribution >= 4 is 23.2 Å². The molecule has 2 aromatic rings. The van der Waals surface area contributed by atoms with Crippen LogP contribution in [0.4, 0.5) is 0 Å². The maximum Gasteiger partial charge on any atom is 0.322 e. The lowest BCUT2D eigenvalue weighted by Crippen LogP contribution is -2.03. The average molecular weight is 284 g/mol. The predicted molar refractivity (Wildman–Crippen MR) is 71.2 cm³/mol. The second kappa shape index (κ2) is 5.52. The summed E-state index contributed by atoms with van der Waals surface area (Å²) in [6, 6.07) is 5.15. The van der Waals surface area contributed by atoms with E-state index in [1.165, 1.54) is 0 Å². The summed E-state index contributed by atoms with van der Waals surface area (Å²) < 4.78 is 5.49. The van der Waals surface area contributed by atoms with Gasteiger partial charge in [0.2, 0.25) is 0 Å². The number of aryl methyl sites for hydroxylation is 1. The molecule has 0 aliphatic carbocycles. The molecule has 94 valence electrons. The predicted octanol–water partition coefficient (Wildman–Crippen LogP) is 3.34. The zero-order valence-corrected chi connectivity index (χ0v) is 11.2. The quantitative estimate of drug-likeness (QED) is 0.939. The third kappa shape index (κ3) is 3.10. The van der Waals surface area contributed by atoms with E-state index < -0.39 is 0 Å². The molecular formula is C12H11Cl2N3O. The zero-order valence-electron chi connectivity index (χ0n) is 9.65. The summed E-state index contributed by atoms with van der Waals surface area (Å²) in [5.74, 6) is 0.493. The van der Waals surface area contributed by atoms with Crippen LogP contribution in [-0.4, -0.2) is 9.97 Å². The van der Waals surface area contributed by atoms with Gasteiger partial charge < -0.3 is 10.5 Å². The van der Waals surface area contributed by atoms with E-state index in [1.807, 2.05) is 6.92 Å². The molecule has 0 atom stereocenters. The van der Waals surface area contributed by atoms with Gasteiger partial charge in [-0.1, -0.05) is 23.2 Å². The first-order valence-electron chi connectivity index (χ1n) is 5.25. The molecule has 4 nitrogen and oxygen atoms in total. The molecule has 0 saturated heterocycles. The molecule has 2 rings (SSSR count). The van der Waals surface area contributed by atoms with Gasteiger partial charge in [-0.25, -0.2) is 4.98 Å². The Balaban J connectivity index is 2.25. The first-order chi connectivity index (χ1) is 8.58. The summed E-state index contributed by atoms with van der Waals surface area (Å²) in [5.41, 5.74) is 7.21. The molecule has 6 heteroatoms. The van der Waals surface area contributed by atoms with Crippen molar-refractivity contribution in [2.75, 3.05) is 0 Å². The molecule has 18 heavy (non-hydrogen) atoms. The van der Waals surface area contributed by atoms with Crippen LogP contribution in [0.3, 0.4) is 0 Å².